The van der Waals surface area contributed by atoms with Gasteiger partial charge in [0.25, 0.3) is 0 Å². The van der Waals surface area contributed by atoms with Crippen molar-refractivity contribution in [1.82, 2.24) is 24.9 Å². The van der Waals surface area contributed by atoms with Gasteiger partial charge in [-0.05, 0) is 69.2 Å². The molecule has 0 spiro atoms. The fourth-order valence-corrected chi connectivity index (χ4v) is 5.24. The summed E-state index contributed by atoms with van der Waals surface area (Å²) >= 11 is 0. The maximum atomic E-state index is 4.63. The van der Waals surface area contributed by atoms with Gasteiger partial charge in [-0.25, -0.2) is 0 Å². The maximum Gasteiger partial charge on any atom is 0.0568 e. The molecule has 0 bridgehead atoms. The molecule has 35 heavy (non-hydrogen) atoms. The second-order valence-corrected chi connectivity index (χ2v) is 10.2. The van der Waals surface area contributed by atoms with Gasteiger partial charge in [0, 0.05) is 62.8 Å². The zero-order valence-corrected chi connectivity index (χ0v) is 21.1. The number of piperazine rings is 1. The average molecular weight is 473 g/mol. The molecule has 3 aromatic rings. The normalized spacial score (nSPS) is 18.3. The van der Waals surface area contributed by atoms with Crippen LogP contribution >= 0.6 is 0 Å². The first-order valence-electron chi connectivity index (χ1n) is 13.3. The zero-order chi connectivity index (χ0) is 23.9. The first-order valence-corrected chi connectivity index (χ1v) is 13.3. The molecule has 0 aliphatic carbocycles. The van der Waals surface area contributed by atoms with Crippen molar-refractivity contribution in [3.63, 3.8) is 0 Å². The molecule has 0 radical (unpaired) electrons. The van der Waals surface area contributed by atoms with E-state index in [2.05, 4.69) is 97.6 Å². The average Bonchev–Trinajstić information content (AvgIpc) is 3.38. The van der Waals surface area contributed by atoms with Gasteiger partial charge < -0.3 is 20.0 Å². The molecule has 1 aromatic heterocycles. The van der Waals surface area contributed by atoms with Crippen molar-refractivity contribution in [3.8, 4) is 11.1 Å². The molecule has 5 rings (SSSR count). The standard InChI is InChI=1S/C29H40N6/c1-32-18-20-34(21-19-32)29-10-8-26(9-11-29)27-23-31-35(24-27)15-5-14-33-16-12-28(13-17-33)30-22-25-6-3-2-4-7-25/h2-4,6-11,23-24,28,30H,5,12-22H2,1H3. The van der Waals surface area contributed by atoms with Gasteiger partial charge in [0.1, 0.15) is 0 Å². The molecule has 186 valence electrons. The lowest BCUT2D eigenvalue weighted by atomic mass is 10.0. The Balaban J connectivity index is 1.02. The Morgan fingerprint density at radius 1 is 0.829 bits per heavy atom. The summed E-state index contributed by atoms with van der Waals surface area (Å²) in [7, 11) is 2.20. The molecule has 3 heterocycles. The fraction of sp³-hybridized carbons (Fsp3) is 0.483. The Kier molecular flexibility index (Phi) is 8.14. The second-order valence-electron chi connectivity index (χ2n) is 10.2. The Labute approximate surface area is 210 Å². The van der Waals surface area contributed by atoms with Gasteiger partial charge in [-0.1, -0.05) is 42.5 Å². The largest absolute Gasteiger partial charge is 0.369 e. The summed E-state index contributed by atoms with van der Waals surface area (Å²) in [5, 5.41) is 8.37. The van der Waals surface area contributed by atoms with E-state index >= 15 is 0 Å². The van der Waals surface area contributed by atoms with Crippen LogP contribution < -0.4 is 10.2 Å². The van der Waals surface area contributed by atoms with Crippen molar-refractivity contribution in [2.45, 2.75) is 38.4 Å². The zero-order valence-electron chi connectivity index (χ0n) is 21.1. The van der Waals surface area contributed by atoms with Gasteiger partial charge in [0.2, 0.25) is 0 Å². The van der Waals surface area contributed by atoms with E-state index in [1.165, 1.54) is 48.3 Å². The van der Waals surface area contributed by atoms with E-state index in [1.807, 2.05) is 6.20 Å². The highest BCUT2D eigenvalue weighted by atomic mass is 15.3. The third kappa shape index (κ3) is 6.72. The molecule has 6 heteroatoms. The number of rotatable bonds is 9. The Hall–Kier alpha value is -2.67. The molecular weight excluding hydrogens is 432 g/mol. The van der Waals surface area contributed by atoms with Gasteiger partial charge in [-0.2, -0.15) is 5.10 Å². The van der Waals surface area contributed by atoms with E-state index < -0.39 is 0 Å². The number of hydrogen-bond donors (Lipinski definition) is 1. The first kappa shape index (κ1) is 24.0. The van der Waals surface area contributed by atoms with E-state index in [4.69, 9.17) is 0 Å². The van der Waals surface area contributed by atoms with Gasteiger partial charge in [-0.15, -0.1) is 0 Å². The lowest BCUT2D eigenvalue weighted by Crippen LogP contribution is -2.44. The van der Waals surface area contributed by atoms with Crippen molar-refractivity contribution in [2.75, 3.05) is 57.8 Å². The number of nitrogens with zero attached hydrogens (tertiary/aromatic N) is 5. The third-order valence-corrected chi connectivity index (χ3v) is 7.59. The molecular formula is C29H40N6. The van der Waals surface area contributed by atoms with Gasteiger partial charge in [0.15, 0.2) is 0 Å². The van der Waals surface area contributed by atoms with Crippen LogP contribution in [0.4, 0.5) is 5.69 Å². The number of likely N-dealkylation sites (tertiary alicyclic amines) is 1. The van der Waals surface area contributed by atoms with Crippen molar-refractivity contribution in [3.05, 3.63) is 72.6 Å². The molecule has 2 aliphatic rings. The van der Waals surface area contributed by atoms with Crippen LogP contribution in [0, 0.1) is 0 Å². The number of hydrogen-bond acceptors (Lipinski definition) is 5. The highest BCUT2D eigenvalue weighted by Crippen LogP contribution is 2.24. The molecule has 2 aliphatic heterocycles. The van der Waals surface area contributed by atoms with Gasteiger partial charge in [0.05, 0.1) is 6.20 Å². The van der Waals surface area contributed by atoms with Crippen LogP contribution in [-0.4, -0.2) is 78.5 Å². The second kappa shape index (κ2) is 11.8. The molecule has 0 saturated carbocycles. The van der Waals surface area contributed by atoms with E-state index in [9.17, 15) is 0 Å². The van der Waals surface area contributed by atoms with Crippen molar-refractivity contribution < 1.29 is 0 Å². The summed E-state index contributed by atoms with van der Waals surface area (Å²) in [6, 6.07) is 20.4. The smallest absolute Gasteiger partial charge is 0.0568 e. The van der Waals surface area contributed by atoms with Gasteiger partial charge >= 0.3 is 0 Å². The summed E-state index contributed by atoms with van der Waals surface area (Å²) < 4.78 is 2.11. The summed E-state index contributed by atoms with van der Waals surface area (Å²) in [5.41, 5.74) is 5.16. The Morgan fingerprint density at radius 2 is 1.57 bits per heavy atom. The third-order valence-electron chi connectivity index (χ3n) is 7.59. The van der Waals surface area contributed by atoms with E-state index in [0.717, 1.165) is 52.2 Å². The summed E-state index contributed by atoms with van der Waals surface area (Å²) in [4.78, 5) is 7.49. The lowest BCUT2D eigenvalue weighted by Gasteiger charge is -2.34. The predicted octanol–water partition coefficient (Wildman–Crippen LogP) is 3.95. The van der Waals surface area contributed by atoms with Crippen LogP contribution in [0.3, 0.4) is 0 Å². The van der Waals surface area contributed by atoms with Crippen molar-refractivity contribution in [1.29, 1.82) is 0 Å². The van der Waals surface area contributed by atoms with E-state index in [1.54, 1.807) is 0 Å². The highest BCUT2D eigenvalue weighted by Gasteiger charge is 2.18. The van der Waals surface area contributed by atoms with Crippen LogP contribution in [-0.2, 0) is 13.1 Å². The topological polar surface area (TPSA) is 39.6 Å². The molecule has 6 nitrogen and oxygen atoms in total. The molecule has 0 unspecified atom stereocenters. The minimum Gasteiger partial charge on any atom is -0.369 e. The number of likely N-dealkylation sites (N-methyl/N-ethyl adjacent to an activating group) is 1. The van der Waals surface area contributed by atoms with Crippen molar-refractivity contribution >= 4 is 5.69 Å². The SMILES string of the molecule is CN1CCN(c2ccc(-c3cnn(CCCN4CCC(NCc5ccccc5)CC4)c3)cc2)CC1. The maximum absolute atomic E-state index is 4.63. The molecule has 0 amide bonds. The van der Waals surface area contributed by atoms with Crippen LogP contribution in [0.2, 0.25) is 0 Å². The number of benzene rings is 2. The van der Waals surface area contributed by atoms with Crippen LogP contribution in [0.1, 0.15) is 24.8 Å². The van der Waals surface area contributed by atoms with Crippen molar-refractivity contribution in [2.24, 2.45) is 0 Å². The van der Waals surface area contributed by atoms with Crippen LogP contribution in [0.15, 0.2) is 67.0 Å². The molecule has 2 saturated heterocycles. The van der Waals surface area contributed by atoms with Crippen LogP contribution in [0.5, 0.6) is 0 Å². The number of aromatic nitrogens is 2. The molecule has 2 fully saturated rings. The predicted molar refractivity (Wildman–Crippen MR) is 145 cm³/mol. The van der Waals surface area contributed by atoms with E-state index in [0.29, 0.717) is 6.04 Å². The molecule has 0 atom stereocenters. The summed E-state index contributed by atoms with van der Waals surface area (Å²) in [5.74, 6) is 0. The monoisotopic (exact) mass is 472 g/mol. The van der Waals surface area contributed by atoms with E-state index in [-0.39, 0.29) is 0 Å². The number of piperidine rings is 1. The molecule has 1 N–H and O–H groups in total. The first-order chi connectivity index (χ1) is 17.2. The minimum atomic E-state index is 0.641. The summed E-state index contributed by atoms with van der Waals surface area (Å²) in [6.45, 7) is 9.98. The molecule has 2 aromatic carbocycles. The number of nitrogens with one attached hydrogen (secondary N) is 1. The van der Waals surface area contributed by atoms with Crippen LogP contribution in [0.25, 0.3) is 11.1 Å². The Bertz CT molecular complexity index is 1010. The number of aryl methyl sites for hydroxylation is 1. The van der Waals surface area contributed by atoms with Gasteiger partial charge in [-0.3, -0.25) is 4.68 Å². The Morgan fingerprint density at radius 3 is 2.31 bits per heavy atom. The minimum absolute atomic E-state index is 0.641. The highest BCUT2D eigenvalue weighted by molar-refractivity contribution is 5.65. The quantitative estimate of drug-likeness (QED) is 0.511. The number of anilines is 1. The fourth-order valence-electron chi connectivity index (χ4n) is 5.24. The summed E-state index contributed by atoms with van der Waals surface area (Å²) in [6.07, 6.45) is 7.83. The lowest BCUT2D eigenvalue weighted by molar-refractivity contribution is 0.192.